The van der Waals surface area contributed by atoms with Gasteiger partial charge in [-0.1, -0.05) is 6.07 Å². The van der Waals surface area contributed by atoms with Crippen LogP contribution in [0.25, 0.3) is 0 Å². The van der Waals surface area contributed by atoms with Crippen molar-refractivity contribution in [3.63, 3.8) is 0 Å². The van der Waals surface area contributed by atoms with E-state index in [-0.39, 0.29) is 11.7 Å². The predicted octanol–water partition coefficient (Wildman–Crippen LogP) is 2.63. The molecule has 1 N–H and O–H groups in total. The van der Waals surface area contributed by atoms with E-state index >= 15 is 0 Å². The second-order valence-corrected chi connectivity index (χ2v) is 4.94. The molecule has 1 heterocycles. The van der Waals surface area contributed by atoms with E-state index in [1.165, 1.54) is 6.92 Å². The zero-order chi connectivity index (χ0) is 11.7. The van der Waals surface area contributed by atoms with E-state index in [9.17, 15) is 9.59 Å². The first kappa shape index (κ1) is 11.2. The van der Waals surface area contributed by atoms with Gasteiger partial charge in [0.05, 0.1) is 11.3 Å². The Balaban J connectivity index is 2.55. The lowest BCUT2D eigenvalue weighted by Crippen LogP contribution is -2.15. The highest BCUT2D eigenvalue weighted by molar-refractivity contribution is 7.99. The Morgan fingerprint density at radius 2 is 2.19 bits per heavy atom. The van der Waals surface area contributed by atoms with Gasteiger partial charge in [0.1, 0.15) is 0 Å². The van der Waals surface area contributed by atoms with Gasteiger partial charge in [-0.05, 0) is 18.6 Å². The molecule has 0 atom stereocenters. The van der Waals surface area contributed by atoms with Crippen LogP contribution in [0.2, 0.25) is 0 Å². The van der Waals surface area contributed by atoms with Crippen molar-refractivity contribution in [3.05, 3.63) is 23.3 Å². The molecule has 1 amide bonds. The number of anilines is 1. The van der Waals surface area contributed by atoms with E-state index in [2.05, 4.69) is 5.32 Å². The van der Waals surface area contributed by atoms with Crippen molar-refractivity contribution in [1.29, 1.82) is 0 Å². The molecular formula is C12H13NO2S. The van der Waals surface area contributed by atoms with Gasteiger partial charge in [0.15, 0.2) is 5.78 Å². The number of carbonyl (C=O) groups excluding carboxylic acids is 2. The van der Waals surface area contributed by atoms with Crippen LogP contribution in [0.15, 0.2) is 17.0 Å². The number of fused-ring (bicyclic) bond motifs is 1. The van der Waals surface area contributed by atoms with Crippen molar-refractivity contribution < 1.29 is 9.59 Å². The summed E-state index contributed by atoms with van der Waals surface area (Å²) in [5, 5.41) is 2.72. The number of amides is 1. The smallest absolute Gasteiger partial charge is 0.221 e. The molecule has 1 aliphatic rings. The van der Waals surface area contributed by atoms with Gasteiger partial charge in [-0.15, -0.1) is 11.8 Å². The number of ketones is 1. The summed E-state index contributed by atoms with van der Waals surface area (Å²) in [6.07, 6.45) is 0.549. The molecule has 0 radical (unpaired) electrons. The fraction of sp³-hybridized carbons (Fsp3) is 0.333. The van der Waals surface area contributed by atoms with Crippen LogP contribution in [-0.2, 0) is 4.79 Å². The SMILES string of the molecule is CC(=O)Nc1ccc(C)c2c1C(=O)CCS2. The molecule has 84 valence electrons. The van der Waals surface area contributed by atoms with Crippen LogP contribution in [-0.4, -0.2) is 17.4 Å². The maximum Gasteiger partial charge on any atom is 0.221 e. The van der Waals surface area contributed by atoms with Crippen LogP contribution >= 0.6 is 11.8 Å². The van der Waals surface area contributed by atoms with Gasteiger partial charge in [0, 0.05) is 24.0 Å². The number of hydrogen-bond acceptors (Lipinski definition) is 3. The second kappa shape index (κ2) is 4.29. The standard InChI is InChI=1S/C12H13NO2S/c1-7-3-4-9(13-8(2)14)11-10(15)5-6-16-12(7)11/h3-4H,5-6H2,1-2H3,(H,13,14). The summed E-state index contributed by atoms with van der Waals surface area (Å²) in [5.41, 5.74) is 2.43. The molecule has 1 aliphatic heterocycles. The van der Waals surface area contributed by atoms with Gasteiger partial charge in [-0.3, -0.25) is 9.59 Å². The Labute approximate surface area is 98.6 Å². The lowest BCUT2D eigenvalue weighted by molar-refractivity contribution is -0.114. The van der Waals surface area contributed by atoms with E-state index in [1.807, 2.05) is 13.0 Å². The fourth-order valence-corrected chi connectivity index (χ4v) is 2.97. The largest absolute Gasteiger partial charge is 0.326 e. The molecule has 0 bridgehead atoms. The molecule has 4 heteroatoms. The lowest BCUT2D eigenvalue weighted by Gasteiger charge is -2.19. The third kappa shape index (κ3) is 1.97. The van der Waals surface area contributed by atoms with Gasteiger partial charge >= 0.3 is 0 Å². The minimum atomic E-state index is -0.144. The second-order valence-electron chi connectivity index (χ2n) is 3.84. The number of Topliss-reactive ketones (excluding diaryl/α,β-unsaturated/α-hetero) is 1. The molecule has 1 aromatic rings. The highest BCUT2D eigenvalue weighted by Gasteiger charge is 2.23. The van der Waals surface area contributed by atoms with Crippen LogP contribution in [0.5, 0.6) is 0 Å². The number of hydrogen-bond donors (Lipinski definition) is 1. The summed E-state index contributed by atoms with van der Waals surface area (Å²) < 4.78 is 0. The first-order valence-electron chi connectivity index (χ1n) is 5.17. The van der Waals surface area contributed by atoms with Crippen molar-refractivity contribution >= 4 is 29.1 Å². The molecule has 0 aromatic heterocycles. The molecule has 3 nitrogen and oxygen atoms in total. The number of nitrogens with one attached hydrogen (secondary N) is 1. The van der Waals surface area contributed by atoms with Gasteiger partial charge in [-0.2, -0.15) is 0 Å². The summed E-state index contributed by atoms with van der Waals surface area (Å²) in [6, 6.07) is 3.75. The summed E-state index contributed by atoms with van der Waals surface area (Å²) >= 11 is 1.69. The quantitative estimate of drug-likeness (QED) is 0.814. The molecule has 2 rings (SSSR count). The highest BCUT2D eigenvalue weighted by Crippen LogP contribution is 2.37. The topological polar surface area (TPSA) is 46.2 Å². The minimum absolute atomic E-state index is 0.126. The lowest BCUT2D eigenvalue weighted by atomic mass is 10.0. The summed E-state index contributed by atoms with van der Waals surface area (Å²) in [6.45, 7) is 3.44. The first-order chi connectivity index (χ1) is 7.59. The molecule has 0 saturated carbocycles. The van der Waals surface area contributed by atoms with E-state index in [1.54, 1.807) is 17.8 Å². The van der Waals surface area contributed by atoms with Gasteiger partial charge in [-0.25, -0.2) is 0 Å². The van der Waals surface area contributed by atoms with Crippen LogP contribution < -0.4 is 5.32 Å². The summed E-state index contributed by atoms with van der Waals surface area (Å²) in [5.74, 6) is 0.812. The molecule has 16 heavy (non-hydrogen) atoms. The number of aryl methyl sites for hydroxylation is 1. The van der Waals surface area contributed by atoms with E-state index < -0.39 is 0 Å². The minimum Gasteiger partial charge on any atom is -0.326 e. The number of rotatable bonds is 1. The Morgan fingerprint density at radius 3 is 2.88 bits per heavy atom. The first-order valence-corrected chi connectivity index (χ1v) is 6.15. The zero-order valence-corrected chi connectivity index (χ0v) is 10.1. The van der Waals surface area contributed by atoms with Crippen LogP contribution in [0, 0.1) is 6.92 Å². The highest BCUT2D eigenvalue weighted by atomic mass is 32.2. The fourth-order valence-electron chi connectivity index (χ4n) is 1.81. The maximum absolute atomic E-state index is 11.9. The third-order valence-electron chi connectivity index (χ3n) is 2.52. The summed E-state index contributed by atoms with van der Waals surface area (Å²) in [7, 11) is 0. The molecule has 0 aliphatic carbocycles. The van der Waals surface area contributed by atoms with Crippen molar-refractivity contribution in [2.45, 2.75) is 25.2 Å². The van der Waals surface area contributed by atoms with E-state index in [0.29, 0.717) is 17.7 Å². The Bertz CT molecular complexity index is 468. The molecule has 0 spiro atoms. The van der Waals surface area contributed by atoms with Crippen LogP contribution in [0.1, 0.15) is 29.3 Å². The Hall–Kier alpha value is -1.29. The molecule has 1 aromatic carbocycles. The van der Waals surface area contributed by atoms with Crippen LogP contribution in [0.3, 0.4) is 0 Å². The van der Waals surface area contributed by atoms with Crippen molar-refractivity contribution in [2.24, 2.45) is 0 Å². The van der Waals surface area contributed by atoms with Crippen molar-refractivity contribution in [2.75, 3.05) is 11.1 Å². The van der Waals surface area contributed by atoms with Crippen LogP contribution in [0.4, 0.5) is 5.69 Å². The van der Waals surface area contributed by atoms with Gasteiger partial charge < -0.3 is 5.32 Å². The molecule has 0 unspecified atom stereocenters. The van der Waals surface area contributed by atoms with Gasteiger partial charge in [0.25, 0.3) is 0 Å². The average molecular weight is 235 g/mol. The monoisotopic (exact) mass is 235 g/mol. The normalized spacial score (nSPS) is 14.5. The predicted molar refractivity (Wildman–Crippen MR) is 65.2 cm³/mol. The number of benzene rings is 1. The Kier molecular flexibility index (Phi) is 3.01. The third-order valence-corrected chi connectivity index (χ3v) is 3.74. The Morgan fingerprint density at radius 1 is 1.44 bits per heavy atom. The van der Waals surface area contributed by atoms with Crippen molar-refractivity contribution in [3.8, 4) is 0 Å². The number of carbonyl (C=O) groups is 2. The molecule has 0 fully saturated rings. The average Bonchev–Trinajstić information content (AvgIpc) is 2.22. The van der Waals surface area contributed by atoms with Crippen molar-refractivity contribution in [1.82, 2.24) is 0 Å². The van der Waals surface area contributed by atoms with Gasteiger partial charge in [0.2, 0.25) is 5.91 Å². The maximum atomic E-state index is 11.9. The van der Waals surface area contributed by atoms with E-state index in [0.717, 1.165) is 16.2 Å². The summed E-state index contributed by atoms with van der Waals surface area (Å²) in [4.78, 5) is 24.0. The van der Waals surface area contributed by atoms with E-state index in [4.69, 9.17) is 0 Å². The molecule has 0 saturated heterocycles. The zero-order valence-electron chi connectivity index (χ0n) is 9.29. The number of thioether (sulfide) groups is 1. The molecular weight excluding hydrogens is 222 g/mol.